The lowest BCUT2D eigenvalue weighted by Crippen LogP contribution is -2.08. The number of rotatable bonds is 1. The molecule has 0 aliphatic heterocycles. The predicted octanol–water partition coefficient (Wildman–Crippen LogP) is 1.69. The highest BCUT2D eigenvalue weighted by atomic mass is 79.9. The van der Waals surface area contributed by atoms with Gasteiger partial charge in [-0.15, -0.1) is 0 Å². The highest BCUT2D eigenvalue weighted by molar-refractivity contribution is 9.10. The molecule has 1 aromatic carbocycles. The number of halogens is 1. The van der Waals surface area contributed by atoms with Crippen LogP contribution in [0.4, 0.5) is 0 Å². The fourth-order valence-corrected chi connectivity index (χ4v) is 1.46. The molecule has 0 saturated heterocycles. The number of nitrogens with one attached hydrogen (secondary N) is 1. The summed E-state index contributed by atoms with van der Waals surface area (Å²) in [5.74, 6) is 0.692. The molecule has 0 aliphatic carbocycles. The van der Waals surface area contributed by atoms with Crippen LogP contribution in [0.2, 0.25) is 0 Å². The molecule has 2 rings (SSSR count). The summed E-state index contributed by atoms with van der Waals surface area (Å²) < 4.78 is 5.32. The van der Waals surface area contributed by atoms with Crippen LogP contribution >= 0.6 is 15.9 Å². The van der Waals surface area contributed by atoms with Crippen molar-refractivity contribution in [3.8, 4) is 5.75 Å². The van der Waals surface area contributed by atoms with Gasteiger partial charge in [0.15, 0.2) is 4.60 Å². The molecule has 72 valence electrons. The molecule has 14 heavy (non-hydrogen) atoms. The van der Waals surface area contributed by atoms with Gasteiger partial charge in [-0.1, -0.05) is 0 Å². The molecule has 1 N–H and O–H groups in total. The maximum Gasteiger partial charge on any atom is 0.281 e. The summed E-state index contributed by atoms with van der Waals surface area (Å²) in [6.45, 7) is 0. The van der Waals surface area contributed by atoms with Gasteiger partial charge >= 0.3 is 0 Å². The van der Waals surface area contributed by atoms with Crippen LogP contribution in [0.5, 0.6) is 5.75 Å². The van der Waals surface area contributed by atoms with E-state index in [4.69, 9.17) is 4.74 Å². The number of nitrogens with zero attached hydrogens (tertiary/aromatic N) is 1. The largest absolute Gasteiger partial charge is 0.497 e. The summed E-state index contributed by atoms with van der Waals surface area (Å²) in [4.78, 5) is 18.0. The Balaban J connectivity index is 2.77. The second-order valence-corrected chi connectivity index (χ2v) is 3.49. The number of H-pyrrole nitrogens is 1. The Bertz CT molecular complexity index is 536. The number of methoxy groups -OCH3 is 1. The molecule has 0 unspecified atom stereocenters. The lowest BCUT2D eigenvalue weighted by molar-refractivity contribution is 0.415. The van der Waals surface area contributed by atoms with Gasteiger partial charge in [0.05, 0.1) is 18.1 Å². The van der Waals surface area contributed by atoms with Crippen molar-refractivity contribution < 1.29 is 4.74 Å². The van der Waals surface area contributed by atoms with Crippen LogP contribution in [-0.4, -0.2) is 17.1 Å². The van der Waals surface area contributed by atoms with E-state index >= 15 is 0 Å². The van der Waals surface area contributed by atoms with Gasteiger partial charge in [0, 0.05) is 6.07 Å². The van der Waals surface area contributed by atoms with E-state index in [1.807, 2.05) is 0 Å². The van der Waals surface area contributed by atoms with E-state index in [2.05, 4.69) is 25.9 Å². The summed E-state index contributed by atoms with van der Waals surface area (Å²) in [6, 6.07) is 5.31. The van der Waals surface area contributed by atoms with Crippen molar-refractivity contribution in [2.24, 2.45) is 0 Å². The quantitative estimate of drug-likeness (QED) is 0.843. The van der Waals surface area contributed by atoms with Crippen molar-refractivity contribution in [3.05, 3.63) is 33.2 Å². The number of hydrogen-bond donors (Lipinski definition) is 1. The number of fused-ring (bicyclic) bond motifs is 1. The van der Waals surface area contributed by atoms with Gasteiger partial charge in [0.2, 0.25) is 0 Å². The fourth-order valence-electron chi connectivity index (χ4n) is 1.17. The van der Waals surface area contributed by atoms with Crippen LogP contribution in [0, 0.1) is 0 Å². The first-order valence-electron chi connectivity index (χ1n) is 3.94. The lowest BCUT2D eigenvalue weighted by Gasteiger charge is -2.01. The minimum atomic E-state index is -0.245. The normalized spacial score (nSPS) is 10.4. The predicted molar refractivity (Wildman–Crippen MR) is 56.6 cm³/mol. The van der Waals surface area contributed by atoms with Crippen LogP contribution in [0.25, 0.3) is 11.0 Å². The molecule has 0 saturated carbocycles. The van der Waals surface area contributed by atoms with Gasteiger partial charge in [0.1, 0.15) is 5.75 Å². The zero-order chi connectivity index (χ0) is 10.1. The van der Waals surface area contributed by atoms with Crippen LogP contribution < -0.4 is 10.3 Å². The lowest BCUT2D eigenvalue weighted by atomic mass is 10.3. The molecule has 0 atom stereocenters. The number of aromatic nitrogens is 2. The molecule has 0 amide bonds. The first-order valence-corrected chi connectivity index (χ1v) is 4.73. The van der Waals surface area contributed by atoms with Crippen LogP contribution in [0.3, 0.4) is 0 Å². The summed E-state index contributed by atoms with van der Waals surface area (Å²) >= 11 is 3.07. The second-order valence-electron chi connectivity index (χ2n) is 2.74. The fraction of sp³-hybridized carbons (Fsp3) is 0.111. The number of aromatic amines is 1. The first-order chi connectivity index (χ1) is 6.70. The van der Waals surface area contributed by atoms with Crippen molar-refractivity contribution in [2.45, 2.75) is 0 Å². The SMILES string of the molecule is COc1ccc2nc(Br)c(=O)[nH]c2c1. The molecule has 0 bridgehead atoms. The van der Waals surface area contributed by atoms with E-state index in [9.17, 15) is 4.79 Å². The Labute approximate surface area is 88.1 Å². The van der Waals surface area contributed by atoms with Crippen molar-refractivity contribution in [2.75, 3.05) is 7.11 Å². The van der Waals surface area contributed by atoms with E-state index < -0.39 is 0 Å². The monoisotopic (exact) mass is 254 g/mol. The van der Waals surface area contributed by atoms with Gasteiger partial charge in [-0.05, 0) is 28.1 Å². The van der Waals surface area contributed by atoms with Gasteiger partial charge < -0.3 is 9.72 Å². The molecule has 2 aromatic rings. The Morgan fingerprint density at radius 1 is 1.50 bits per heavy atom. The van der Waals surface area contributed by atoms with Gasteiger partial charge in [-0.2, -0.15) is 0 Å². The van der Waals surface area contributed by atoms with E-state index in [1.54, 1.807) is 25.3 Å². The first kappa shape index (κ1) is 9.21. The van der Waals surface area contributed by atoms with Crippen molar-refractivity contribution in [1.82, 2.24) is 9.97 Å². The molecule has 0 aliphatic rings. The van der Waals surface area contributed by atoms with Crippen molar-refractivity contribution >= 4 is 27.0 Å². The van der Waals surface area contributed by atoms with Gasteiger partial charge in [-0.3, -0.25) is 4.79 Å². The average Bonchev–Trinajstić information content (AvgIpc) is 2.19. The molecule has 1 aromatic heterocycles. The third-order valence-electron chi connectivity index (χ3n) is 1.86. The number of ether oxygens (including phenoxy) is 1. The van der Waals surface area contributed by atoms with E-state index in [0.29, 0.717) is 11.3 Å². The number of hydrogen-bond acceptors (Lipinski definition) is 3. The Morgan fingerprint density at radius 2 is 2.29 bits per heavy atom. The highest BCUT2D eigenvalue weighted by Crippen LogP contribution is 2.17. The number of benzene rings is 1. The minimum Gasteiger partial charge on any atom is -0.497 e. The zero-order valence-electron chi connectivity index (χ0n) is 7.37. The summed E-state index contributed by atoms with van der Waals surface area (Å²) in [7, 11) is 1.57. The smallest absolute Gasteiger partial charge is 0.281 e. The van der Waals surface area contributed by atoms with Crippen molar-refractivity contribution in [1.29, 1.82) is 0 Å². The van der Waals surface area contributed by atoms with E-state index in [1.165, 1.54) is 0 Å². The standard InChI is InChI=1S/C9H7BrN2O2/c1-14-5-2-3-6-7(4-5)12-9(13)8(10)11-6/h2-4H,1H3,(H,12,13). The summed E-state index contributed by atoms with van der Waals surface area (Å²) in [5.41, 5.74) is 1.14. The van der Waals surface area contributed by atoms with Gasteiger partial charge in [-0.25, -0.2) is 4.98 Å². The Kier molecular flexibility index (Phi) is 2.25. The minimum absolute atomic E-state index is 0.245. The van der Waals surface area contributed by atoms with E-state index in [-0.39, 0.29) is 10.2 Å². The Morgan fingerprint density at radius 3 is 3.00 bits per heavy atom. The maximum atomic E-state index is 11.2. The van der Waals surface area contributed by atoms with Gasteiger partial charge in [0.25, 0.3) is 5.56 Å². The topological polar surface area (TPSA) is 55.0 Å². The van der Waals surface area contributed by atoms with Crippen LogP contribution in [-0.2, 0) is 0 Å². The molecule has 1 heterocycles. The summed E-state index contributed by atoms with van der Waals surface area (Å²) in [6.07, 6.45) is 0. The highest BCUT2D eigenvalue weighted by Gasteiger charge is 2.02. The maximum absolute atomic E-state index is 11.2. The summed E-state index contributed by atoms with van der Waals surface area (Å²) in [5, 5.41) is 0. The molecule has 0 spiro atoms. The molecular formula is C9H7BrN2O2. The molecular weight excluding hydrogens is 248 g/mol. The second kappa shape index (κ2) is 3.42. The Hall–Kier alpha value is -1.36. The van der Waals surface area contributed by atoms with Crippen molar-refractivity contribution in [3.63, 3.8) is 0 Å². The van der Waals surface area contributed by atoms with Crippen LogP contribution in [0.1, 0.15) is 0 Å². The average molecular weight is 255 g/mol. The molecule has 4 nitrogen and oxygen atoms in total. The third kappa shape index (κ3) is 1.50. The zero-order valence-corrected chi connectivity index (χ0v) is 8.96. The molecule has 0 fully saturated rings. The van der Waals surface area contributed by atoms with Crippen LogP contribution in [0.15, 0.2) is 27.6 Å². The third-order valence-corrected chi connectivity index (χ3v) is 2.40. The molecule has 5 heteroatoms. The molecule has 0 radical (unpaired) electrons. The van der Waals surface area contributed by atoms with E-state index in [0.717, 1.165) is 5.52 Å².